The van der Waals surface area contributed by atoms with Crippen LogP contribution < -0.4 is 5.56 Å². The summed E-state index contributed by atoms with van der Waals surface area (Å²) in [5.74, 6) is 0. The van der Waals surface area contributed by atoms with E-state index in [4.69, 9.17) is 5.26 Å². The molecule has 0 unspecified atom stereocenters. The number of nitriles is 1. The van der Waals surface area contributed by atoms with Gasteiger partial charge in [0.05, 0.1) is 12.4 Å². The van der Waals surface area contributed by atoms with Crippen LogP contribution in [0.15, 0.2) is 21.8 Å². The Labute approximate surface area is 95.7 Å². The van der Waals surface area contributed by atoms with Crippen LogP contribution in [0.1, 0.15) is 19.3 Å². The molecule has 0 spiro atoms. The lowest BCUT2D eigenvalue weighted by Gasteiger charge is -2.12. The molecule has 1 aliphatic rings. The van der Waals surface area contributed by atoms with Crippen molar-refractivity contribution in [1.29, 1.82) is 5.26 Å². The quantitative estimate of drug-likeness (QED) is 0.838. The van der Waals surface area contributed by atoms with E-state index in [0.29, 0.717) is 17.4 Å². The van der Waals surface area contributed by atoms with Crippen LogP contribution in [0.5, 0.6) is 0 Å². The minimum atomic E-state index is -0.0748. The van der Waals surface area contributed by atoms with Crippen molar-refractivity contribution in [2.75, 3.05) is 0 Å². The normalized spacial score (nSPS) is 17.1. The molecular formula is C10H10BrN3O. The molecule has 1 saturated carbocycles. The maximum absolute atomic E-state index is 11.7. The molecule has 1 aliphatic carbocycles. The molecule has 0 aromatic carbocycles. The first-order valence-electron chi connectivity index (χ1n) is 4.74. The van der Waals surface area contributed by atoms with E-state index in [1.165, 1.54) is 12.5 Å². The molecule has 5 heteroatoms. The number of nitrogens with zero attached hydrogens (tertiary/aromatic N) is 3. The molecule has 0 saturated heterocycles. The zero-order valence-electron chi connectivity index (χ0n) is 8.11. The topological polar surface area (TPSA) is 58.7 Å². The van der Waals surface area contributed by atoms with Crippen LogP contribution in [0.4, 0.5) is 0 Å². The highest BCUT2D eigenvalue weighted by molar-refractivity contribution is 9.10. The molecule has 1 fully saturated rings. The third-order valence-corrected chi connectivity index (χ3v) is 3.32. The highest BCUT2D eigenvalue weighted by Crippen LogP contribution is 2.49. The monoisotopic (exact) mass is 267 g/mol. The summed E-state index contributed by atoms with van der Waals surface area (Å²) in [6, 6.07) is 2.18. The first-order valence-corrected chi connectivity index (χ1v) is 5.53. The van der Waals surface area contributed by atoms with Crippen molar-refractivity contribution in [2.24, 2.45) is 5.41 Å². The predicted octanol–water partition coefficient (Wildman–Crippen LogP) is 1.70. The Morgan fingerprint density at radius 1 is 1.67 bits per heavy atom. The second-order valence-electron chi connectivity index (χ2n) is 4.01. The maximum atomic E-state index is 11.7. The van der Waals surface area contributed by atoms with E-state index in [2.05, 4.69) is 27.0 Å². The van der Waals surface area contributed by atoms with Gasteiger partial charge < -0.3 is 0 Å². The Morgan fingerprint density at radius 3 is 3.00 bits per heavy atom. The third-order valence-electron chi connectivity index (χ3n) is 2.78. The average molecular weight is 268 g/mol. The molecule has 0 N–H and O–H groups in total. The third kappa shape index (κ3) is 2.10. The van der Waals surface area contributed by atoms with Crippen LogP contribution in [-0.4, -0.2) is 9.55 Å². The minimum absolute atomic E-state index is 0.0288. The van der Waals surface area contributed by atoms with Gasteiger partial charge in [0.15, 0.2) is 0 Å². The zero-order chi connectivity index (χ0) is 10.9. The van der Waals surface area contributed by atoms with E-state index in [1.54, 1.807) is 4.57 Å². The van der Waals surface area contributed by atoms with Crippen molar-refractivity contribution >= 4 is 15.9 Å². The Hall–Kier alpha value is -1.15. The van der Waals surface area contributed by atoms with Crippen LogP contribution in [0, 0.1) is 16.7 Å². The molecule has 0 atom stereocenters. The Morgan fingerprint density at radius 2 is 2.40 bits per heavy atom. The SMILES string of the molecule is N#CCC1(Cn2cncc(Br)c2=O)CC1. The van der Waals surface area contributed by atoms with E-state index in [0.717, 1.165) is 12.8 Å². The number of hydrogen-bond acceptors (Lipinski definition) is 3. The largest absolute Gasteiger partial charge is 0.298 e. The van der Waals surface area contributed by atoms with Gasteiger partial charge in [0.2, 0.25) is 0 Å². The van der Waals surface area contributed by atoms with Crippen LogP contribution in [-0.2, 0) is 6.54 Å². The highest BCUT2D eigenvalue weighted by Gasteiger charge is 2.42. The minimum Gasteiger partial charge on any atom is -0.298 e. The molecule has 0 radical (unpaired) electrons. The Kier molecular flexibility index (Phi) is 2.61. The summed E-state index contributed by atoms with van der Waals surface area (Å²) < 4.78 is 2.05. The van der Waals surface area contributed by atoms with Crippen molar-refractivity contribution in [3.05, 3.63) is 27.4 Å². The summed E-state index contributed by atoms with van der Waals surface area (Å²) in [6.45, 7) is 0.603. The van der Waals surface area contributed by atoms with Gasteiger partial charge in [-0.3, -0.25) is 9.36 Å². The second kappa shape index (κ2) is 3.78. The predicted molar refractivity (Wildman–Crippen MR) is 58.1 cm³/mol. The van der Waals surface area contributed by atoms with Gasteiger partial charge in [-0.2, -0.15) is 5.26 Å². The smallest absolute Gasteiger partial charge is 0.267 e. The molecule has 0 amide bonds. The number of aromatic nitrogens is 2. The molecule has 0 aliphatic heterocycles. The van der Waals surface area contributed by atoms with Gasteiger partial charge in [0, 0.05) is 24.6 Å². The Bertz CT molecular complexity index is 470. The number of rotatable bonds is 3. The lowest BCUT2D eigenvalue weighted by atomic mass is 10.0. The van der Waals surface area contributed by atoms with Crippen LogP contribution in [0.3, 0.4) is 0 Å². The van der Waals surface area contributed by atoms with Gasteiger partial charge in [0.1, 0.15) is 4.47 Å². The summed E-state index contributed by atoms with van der Waals surface area (Å²) in [5, 5.41) is 8.68. The summed E-state index contributed by atoms with van der Waals surface area (Å²) in [5.41, 5.74) is -0.0460. The first kappa shape index (κ1) is 10.4. The fraction of sp³-hybridized carbons (Fsp3) is 0.500. The molecule has 15 heavy (non-hydrogen) atoms. The van der Waals surface area contributed by atoms with E-state index < -0.39 is 0 Å². The van der Waals surface area contributed by atoms with Crippen molar-refractivity contribution in [1.82, 2.24) is 9.55 Å². The van der Waals surface area contributed by atoms with Gasteiger partial charge in [0.25, 0.3) is 5.56 Å². The molecule has 78 valence electrons. The molecule has 1 heterocycles. The van der Waals surface area contributed by atoms with E-state index >= 15 is 0 Å². The molecule has 1 aromatic heterocycles. The molecular weight excluding hydrogens is 258 g/mol. The molecule has 1 aromatic rings. The molecule has 2 rings (SSSR count). The van der Waals surface area contributed by atoms with Crippen LogP contribution in [0.25, 0.3) is 0 Å². The standard InChI is InChI=1S/C10H10BrN3O/c11-8-5-13-7-14(9(8)15)6-10(1-2-10)3-4-12/h5,7H,1-3,6H2. The summed E-state index contributed by atoms with van der Waals surface area (Å²) in [4.78, 5) is 15.6. The molecule has 4 nitrogen and oxygen atoms in total. The number of hydrogen-bond donors (Lipinski definition) is 0. The van der Waals surface area contributed by atoms with Gasteiger partial charge in [-0.15, -0.1) is 0 Å². The fourth-order valence-corrected chi connectivity index (χ4v) is 1.98. The Balaban J connectivity index is 2.22. The zero-order valence-corrected chi connectivity index (χ0v) is 9.70. The number of halogens is 1. The average Bonchev–Trinajstić information content (AvgIpc) is 2.94. The summed E-state index contributed by atoms with van der Waals surface area (Å²) in [7, 11) is 0. The van der Waals surface area contributed by atoms with E-state index in [-0.39, 0.29) is 11.0 Å². The second-order valence-corrected chi connectivity index (χ2v) is 4.86. The summed E-state index contributed by atoms with van der Waals surface area (Å²) >= 11 is 3.15. The van der Waals surface area contributed by atoms with Gasteiger partial charge in [-0.25, -0.2) is 4.98 Å². The maximum Gasteiger partial charge on any atom is 0.267 e. The van der Waals surface area contributed by atoms with Gasteiger partial charge >= 0.3 is 0 Å². The van der Waals surface area contributed by atoms with Gasteiger partial charge in [-0.05, 0) is 28.8 Å². The fourth-order valence-electron chi connectivity index (χ4n) is 1.63. The highest BCUT2D eigenvalue weighted by atomic mass is 79.9. The van der Waals surface area contributed by atoms with Crippen molar-refractivity contribution in [3.63, 3.8) is 0 Å². The lowest BCUT2D eigenvalue weighted by molar-refractivity contribution is 0.419. The first-order chi connectivity index (χ1) is 7.17. The van der Waals surface area contributed by atoms with Gasteiger partial charge in [-0.1, -0.05) is 0 Å². The molecule has 0 bridgehead atoms. The van der Waals surface area contributed by atoms with Crippen molar-refractivity contribution in [2.45, 2.75) is 25.8 Å². The van der Waals surface area contributed by atoms with Crippen LogP contribution in [0.2, 0.25) is 0 Å². The van der Waals surface area contributed by atoms with Crippen molar-refractivity contribution in [3.8, 4) is 6.07 Å². The summed E-state index contributed by atoms with van der Waals surface area (Å²) in [6.07, 6.45) is 5.60. The van der Waals surface area contributed by atoms with Crippen LogP contribution >= 0.6 is 15.9 Å². The van der Waals surface area contributed by atoms with E-state index in [1.807, 2.05) is 0 Å². The van der Waals surface area contributed by atoms with E-state index in [9.17, 15) is 4.79 Å². The van der Waals surface area contributed by atoms with Crippen molar-refractivity contribution < 1.29 is 0 Å². The lowest BCUT2D eigenvalue weighted by Crippen LogP contribution is -2.25.